The number of hydroxylamine groups is 1. The van der Waals surface area contributed by atoms with Crippen molar-refractivity contribution in [2.75, 3.05) is 11.6 Å². The van der Waals surface area contributed by atoms with Crippen molar-refractivity contribution < 1.29 is 14.4 Å². The number of para-hydroxylation sites is 1. The fourth-order valence-electron chi connectivity index (χ4n) is 2.95. The predicted octanol–water partition coefficient (Wildman–Crippen LogP) is 3.41. The molecule has 1 saturated heterocycles. The normalized spacial score (nSPS) is 19.4. The van der Waals surface area contributed by atoms with Gasteiger partial charge >= 0.3 is 5.97 Å². The summed E-state index contributed by atoms with van der Waals surface area (Å²) < 4.78 is 0.953. The standard InChI is InChI=1S/C19H19BrN2O3/c1-2-22(15-6-4-3-5-7-15)25-19(24)18-16(12-17(23)21-18)13-8-10-14(20)11-9-13/h3-11,16,18H,2,12H2,1H3,(H,21,23)/t16-,18-/m0/s1. The molecule has 0 aromatic heterocycles. The summed E-state index contributed by atoms with van der Waals surface area (Å²) in [5.74, 6) is -0.829. The molecule has 130 valence electrons. The molecular formula is C19H19BrN2O3. The smallest absolute Gasteiger partial charge is 0.342 e. The molecule has 6 heteroatoms. The number of nitrogens with zero attached hydrogens (tertiary/aromatic N) is 1. The van der Waals surface area contributed by atoms with Crippen molar-refractivity contribution in [1.82, 2.24) is 5.32 Å². The monoisotopic (exact) mass is 402 g/mol. The van der Waals surface area contributed by atoms with Crippen LogP contribution in [0, 0.1) is 0 Å². The summed E-state index contributed by atoms with van der Waals surface area (Å²) in [4.78, 5) is 30.2. The fourth-order valence-corrected chi connectivity index (χ4v) is 3.22. The summed E-state index contributed by atoms with van der Waals surface area (Å²) in [6.07, 6.45) is 0.277. The zero-order valence-corrected chi connectivity index (χ0v) is 15.4. The SMILES string of the molecule is CCN(OC(=O)[C@H]1NC(=O)C[C@H]1c1ccc(Br)cc1)c1ccccc1. The summed E-state index contributed by atoms with van der Waals surface area (Å²) in [6.45, 7) is 2.42. The molecule has 0 aliphatic carbocycles. The molecule has 5 nitrogen and oxygen atoms in total. The third-order valence-corrected chi connectivity index (χ3v) is 4.74. The van der Waals surface area contributed by atoms with Crippen LogP contribution >= 0.6 is 15.9 Å². The number of halogens is 1. The molecule has 2 aromatic rings. The lowest BCUT2D eigenvalue weighted by Crippen LogP contribution is -2.41. The first-order chi connectivity index (χ1) is 12.1. The number of nitrogens with one attached hydrogen (secondary N) is 1. The van der Waals surface area contributed by atoms with Crippen molar-refractivity contribution in [1.29, 1.82) is 0 Å². The van der Waals surface area contributed by atoms with Crippen LogP contribution in [-0.2, 0) is 14.4 Å². The van der Waals surface area contributed by atoms with Gasteiger partial charge in [-0.2, -0.15) is 0 Å². The van der Waals surface area contributed by atoms with E-state index in [0.29, 0.717) is 6.54 Å². The molecule has 0 bridgehead atoms. The van der Waals surface area contributed by atoms with Gasteiger partial charge in [-0.05, 0) is 36.8 Å². The van der Waals surface area contributed by atoms with Crippen LogP contribution in [0.2, 0.25) is 0 Å². The Bertz CT molecular complexity index is 749. The van der Waals surface area contributed by atoms with Crippen LogP contribution in [0.15, 0.2) is 59.1 Å². The maximum atomic E-state index is 12.7. The topological polar surface area (TPSA) is 58.6 Å². The molecule has 1 aliphatic heterocycles. The molecule has 25 heavy (non-hydrogen) atoms. The third-order valence-electron chi connectivity index (χ3n) is 4.21. The van der Waals surface area contributed by atoms with Gasteiger partial charge in [0.05, 0.1) is 12.2 Å². The molecular weight excluding hydrogens is 384 g/mol. The van der Waals surface area contributed by atoms with E-state index in [2.05, 4.69) is 21.2 Å². The quantitative estimate of drug-likeness (QED) is 0.778. The van der Waals surface area contributed by atoms with Crippen LogP contribution in [0.1, 0.15) is 24.8 Å². The number of carbonyl (C=O) groups is 2. The average Bonchev–Trinajstić information content (AvgIpc) is 3.03. The summed E-state index contributed by atoms with van der Waals surface area (Å²) in [6, 6.07) is 16.4. The highest BCUT2D eigenvalue weighted by Crippen LogP contribution is 2.30. The maximum Gasteiger partial charge on any atom is 0.355 e. The van der Waals surface area contributed by atoms with E-state index >= 15 is 0 Å². The summed E-state index contributed by atoms with van der Waals surface area (Å²) in [5.41, 5.74) is 1.73. The van der Waals surface area contributed by atoms with Gasteiger partial charge in [-0.25, -0.2) is 9.86 Å². The highest BCUT2D eigenvalue weighted by Gasteiger charge is 2.40. The third kappa shape index (κ3) is 4.02. The van der Waals surface area contributed by atoms with Gasteiger partial charge in [0.15, 0.2) is 0 Å². The molecule has 1 fully saturated rings. The lowest BCUT2D eigenvalue weighted by molar-refractivity contribution is -0.148. The van der Waals surface area contributed by atoms with Crippen LogP contribution in [0.3, 0.4) is 0 Å². The Labute approximate surface area is 155 Å². The number of rotatable bonds is 5. The Morgan fingerprint density at radius 2 is 1.88 bits per heavy atom. The number of hydrogen-bond donors (Lipinski definition) is 1. The highest BCUT2D eigenvalue weighted by atomic mass is 79.9. The van der Waals surface area contributed by atoms with Crippen LogP contribution in [0.4, 0.5) is 5.69 Å². The molecule has 0 spiro atoms. The second-order valence-electron chi connectivity index (χ2n) is 5.85. The number of amides is 1. The number of hydrogen-bond acceptors (Lipinski definition) is 4. The Morgan fingerprint density at radius 1 is 1.20 bits per heavy atom. The van der Waals surface area contributed by atoms with Gasteiger partial charge in [0.25, 0.3) is 0 Å². The molecule has 1 aliphatic rings. The van der Waals surface area contributed by atoms with Crippen molar-refractivity contribution in [3.05, 3.63) is 64.6 Å². The summed E-state index contributed by atoms with van der Waals surface area (Å²) in [7, 11) is 0. The van der Waals surface area contributed by atoms with Gasteiger partial charge < -0.3 is 10.2 Å². The molecule has 2 atom stereocenters. The summed E-state index contributed by atoms with van der Waals surface area (Å²) >= 11 is 3.40. The van der Waals surface area contributed by atoms with E-state index < -0.39 is 12.0 Å². The first-order valence-electron chi connectivity index (χ1n) is 8.17. The van der Waals surface area contributed by atoms with Crippen LogP contribution in [0.5, 0.6) is 0 Å². The molecule has 0 unspecified atom stereocenters. The Balaban J connectivity index is 1.77. The number of carbonyl (C=O) groups excluding carboxylic acids is 2. The zero-order valence-electron chi connectivity index (χ0n) is 13.8. The van der Waals surface area contributed by atoms with Gasteiger partial charge in [0, 0.05) is 16.8 Å². The van der Waals surface area contributed by atoms with E-state index in [1.807, 2.05) is 61.5 Å². The molecule has 1 heterocycles. The maximum absolute atomic E-state index is 12.7. The zero-order chi connectivity index (χ0) is 17.8. The lowest BCUT2D eigenvalue weighted by atomic mass is 9.92. The Kier molecular flexibility index (Phi) is 5.38. The van der Waals surface area contributed by atoms with Crippen LogP contribution < -0.4 is 10.4 Å². The van der Waals surface area contributed by atoms with E-state index in [9.17, 15) is 9.59 Å². The summed E-state index contributed by atoms with van der Waals surface area (Å²) in [5, 5.41) is 4.28. The minimum atomic E-state index is -0.688. The van der Waals surface area contributed by atoms with Gasteiger partial charge in [0.2, 0.25) is 5.91 Å². The van der Waals surface area contributed by atoms with Gasteiger partial charge in [-0.3, -0.25) is 4.79 Å². The highest BCUT2D eigenvalue weighted by molar-refractivity contribution is 9.10. The lowest BCUT2D eigenvalue weighted by Gasteiger charge is -2.25. The number of anilines is 1. The van der Waals surface area contributed by atoms with E-state index in [0.717, 1.165) is 15.7 Å². The van der Waals surface area contributed by atoms with Gasteiger partial charge in [-0.1, -0.05) is 46.3 Å². The largest absolute Gasteiger partial charge is 0.355 e. The molecule has 1 amide bonds. The van der Waals surface area contributed by atoms with Gasteiger partial charge in [-0.15, -0.1) is 0 Å². The van der Waals surface area contributed by atoms with Crippen molar-refractivity contribution in [2.24, 2.45) is 0 Å². The molecule has 0 radical (unpaired) electrons. The minimum Gasteiger partial charge on any atom is -0.342 e. The average molecular weight is 403 g/mol. The van der Waals surface area contributed by atoms with Crippen molar-refractivity contribution in [2.45, 2.75) is 25.3 Å². The molecule has 0 saturated carbocycles. The van der Waals surface area contributed by atoms with Gasteiger partial charge in [0.1, 0.15) is 6.04 Å². The van der Waals surface area contributed by atoms with E-state index in [4.69, 9.17) is 4.84 Å². The van der Waals surface area contributed by atoms with E-state index in [-0.39, 0.29) is 18.2 Å². The second-order valence-corrected chi connectivity index (χ2v) is 6.76. The Hall–Kier alpha value is -2.34. The van der Waals surface area contributed by atoms with Crippen LogP contribution in [0.25, 0.3) is 0 Å². The van der Waals surface area contributed by atoms with Crippen molar-refractivity contribution >= 4 is 33.5 Å². The number of benzene rings is 2. The van der Waals surface area contributed by atoms with Crippen molar-refractivity contribution in [3.8, 4) is 0 Å². The second kappa shape index (κ2) is 7.70. The molecule has 1 N–H and O–H groups in total. The first-order valence-corrected chi connectivity index (χ1v) is 8.97. The van der Waals surface area contributed by atoms with Crippen molar-refractivity contribution in [3.63, 3.8) is 0 Å². The van der Waals surface area contributed by atoms with E-state index in [1.54, 1.807) is 0 Å². The fraction of sp³-hybridized carbons (Fsp3) is 0.263. The van der Waals surface area contributed by atoms with E-state index in [1.165, 1.54) is 5.06 Å². The molecule has 2 aromatic carbocycles. The molecule has 3 rings (SSSR count). The first kappa shape index (κ1) is 17.5. The predicted molar refractivity (Wildman–Crippen MR) is 99.0 cm³/mol. The van der Waals surface area contributed by atoms with Crippen LogP contribution in [-0.4, -0.2) is 24.5 Å². The Morgan fingerprint density at radius 3 is 2.52 bits per heavy atom. The minimum absolute atomic E-state index is 0.141.